The van der Waals surface area contributed by atoms with Crippen molar-refractivity contribution in [2.45, 2.75) is 6.92 Å². The molecule has 0 aliphatic rings. The van der Waals surface area contributed by atoms with E-state index in [0.29, 0.717) is 23.6 Å². The van der Waals surface area contributed by atoms with E-state index < -0.39 is 0 Å². The van der Waals surface area contributed by atoms with Crippen LogP contribution in [0.1, 0.15) is 17.3 Å². The Balaban J connectivity index is 1.78. The van der Waals surface area contributed by atoms with Gasteiger partial charge in [0.15, 0.2) is 5.69 Å². The van der Waals surface area contributed by atoms with Gasteiger partial charge in [0, 0.05) is 15.6 Å². The Morgan fingerprint density at radius 3 is 2.50 bits per heavy atom. The normalized spacial score (nSPS) is 10.4. The highest BCUT2D eigenvalue weighted by Gasteiger charge is 2.16. The zero-order valence-electron chi connectivity index (χ0n) is 12.8. The van der Waals surface area contributed by atoms with Crippen LogP contribution < -0.4 is 10.1 Å². The smallest absolute Gasteiger partial charge is 0.256 e. The second-order valence-electron chi connectivity index (χ2n) is 4.88. The molecular formula is C17H14BrN3O3. The number of aromatic nitrogens is 2. The van der Waals surface area contributed by atoms with Crippen LogP contribution in [-0.2, 0) is 0 Å². The summed E-state index contributed by atoms with van der Waals surface area (Å²) in [5.74, 6) is 0.691. The summed E-state index contributed by atoms with van der Waals surface area (Å²) in [5.41, 5.74) is 1.76. The molecular weight excluding hydrogens is 374 g/mol. The van der Waals surface area contributed by atoms with Gasteiger partial charge >= 0.3 is 0 Å². The zero-order chi connectivity index (χ0) is 16.9. The van der Waals surface area contributed by atoms with Gasteiger partial charge in [-0.15, -0.1) is 0 Å². The van der Waals surface area contributed by atoms with Gasteiger partial charge in [-0.1, -0.05) is 28.1 Å². The van der Waals surface area contributed by atoms with Crippen LogP contribution in [0.4, 0.5) is 5.82 Å². The molecule has 7 heteroatoms. The highest BCUT2D eigenvalue weighted by molar-refractivity contribution is 9.10. The molecule has 1 heterocycles. The van der Waals surface area contributed by atoms with E-state index in [0.717, 1.165) is 10.0 Å². The first-order valence-corrected chi connectivity index (χ1v) is 8.09. The fourth-order valence-electron chi connectivity index (χ4n) is 2.12. The van der Waals surface area contributed by atoms with Crippen molar-refractivity contribution < 1.29 is 14.2 Å². The third kappa shape index (κ3) is 3.62. The molecule has 0 spiro atoms. The summed E-state index contributed by atoms with van der Waals surface area (Å²) in [5, 5.41) is 10.4. The third-order valence-electron chi connectivity index (χ3n) is 3.27. The minimum atomic E-state index is -0.299. The van der Waals surface area contributed by atoms with Crippen molar-refractivity contribution in [3.63, 3.8) is 0 Å². The summed E-state index contributed by atoms with van der Waals surface area (Å²) in [6.45, 7) is 2.48. The van der Waals surface area contributed by atoms with Crippen molar-refractivity contribution in [3.05, 3.63) is 58.6 Å². The van der Waals surface area contributed by atoms with Gasteiger partial charge in [-0.2, -0.15) is 0 Å². The zero-order valence-corrected chi connectivity index (χ0v) is 14.4. The largest absolute Gasteiger partial charge is 0.494 e. The average molecular weight is 388 g/mol. The Bertz CT molecular complexity index is 829. The van der Waals surface area contributed by atoms with Gasteiger partial charge in [0.2, 0.25) is 5.82 Å². The predicted octanol–water partition coefficient (Wildman–Crippen LogP) is 4.15. The van der Waals surface area contributed by atoms with Crippen LogP contribution in [0.15, 0.2) is 57.6 Å². The lowest BCUT2D eigenvalue weighted by Crippen LogP contribution is -2.12. The number of nitrogens with zero attached hydrogens (tertiary/aromatic N) is 2. The van der Waals surface area contributed by atoms with Crippen molar-refractivity contribution in [2.75, 3.05) is 11.9 Å². The van der Waals surface area contributed by atoms with E-state index in [1.807, 2.05) is 31.2 Å². The maximum atomic E-state index is 12.3. The van der Waals surface area contributed by atoms with E-state index in [4.69, 9.17) is 9.37 Å². The number of nitrogens with one attached hydrogen (secondary N) is 1. The molecule has 0 saturated heterocycles. The first kappa shape index (κ1) is 16.2. The molecule has 0 aliphatic heterocycles. The molecule has 0 aliphatic carbocycles. The minimum absolute atomic E-state index is 0.274. The molecule has 0 unspecified atom stereocenters. The fourth-order valence-corrected chi connectivity index (χ4v) is 2.38. The summed E-state index contributed by atoms with van der Waals surface area (Å²) < 4.78 is 11.1. The van der Waals surface area contributed by atoms with Crippen molar-refractivity contribution in [3.8, 4) is 17.0 Å². The van der Waals surface area contributed by atoms with Crippen LogP contribution in [0.2, 0.25) is 0 Å². The summed E-state index contributed by atoms with van der Waals surface area (Å²) in [4.78, 5) is 12.3. The van der Waals surface area contributed by atoms with Gasteiger partial charge in [-0.05, 0) is 53.6 Å². The Morgan fingerprint density at radius 1 is 1.12 bits per heavy atom. The Kier molecular flexibility index (Phi) is 4.90. The minimum Gasteiger partial charge on any atom is -0.494 e. The standard InChI is InChI=1S/C17H14BrN3O3/c1-2-23-14-9-5-12(6-10-14)17(22)19-16-15(20-24-21-16)11-3-7-13(18)8-4-11/h3-10H,2H2,1H3,(H,19,21,22). The summed E-state index contributed by atoms with van der Waals surface area (Å²) in [6, 6.07) is 14.3. The molecule has 1 aromatic heterocycles. The quantitative estimate of drug-likeness (QED) is 0.711. The van der Waals surface area contributed by atoms with Crippen LogP contribution in [0.5, 0.6) is 5.75 Å². The molecule has 0 atom stereocenters. The number of hydrogen-bond donors (Lipinski definition) is 1. The predicted molar refractivity (Wildman–Crippen MR) is 93.0 cm³/mol. The lowest BCUT2D eigenvalue weighted by Gasteiger charge is -2.05. The van der Waals surface area contributed by atoms with Crippen LogP contribution in [0.3, 0.4) is 0 Å². The first-order chi connectivity index (χ1) is 11.7. The van der Waals surface area contributed by atoms with E-state index in [9.17, 15) is 4.79 Å². The number of carbonyl (C=O) groups is 1. The number of benzene rings is 2. The van der Waals surface area contributed by atoms with E-state index in [2.05, 4.69) is 31.6 Å². The third-order valence-corrected chi connectivity index (χ3v) is 3.79. The van der Waals surface area contributed by atoms with Crippen molar-refractivity contribution in [1.82, 2.24) is 10.3 Å². The molecule has 2 aromatic carbocycles. The topological polar surface area (TPSA) is 77.2 Å². The number of hydrogen-bond acceptors (Lipinski definition) is 5. The van der Waals surface area contributed by atoms with Gasteiger partial charge < -0.3 is 10.1 Å². The first-order valence-electron chi connectivity index (χ1n) is 7.30. The number of rotatable bonds is 5. The van der Waals surface area contributed by atoms with Crippen LogP contribution in [0, 0.1) is 0 Å². The maximum Gasteiger partial charge on any atom is 0.256 e. The highest BCUT2D eigenvalue weighted by Crippen LogP contribution is 2.26. The molecule has 1 amide bonds. The van der Waals surface area contributed by atoms with Gasteiger partial charge in [0.1, 0.15) is 5.75 Å². The molecule has 0 saturated carbocycles. The van der Waals surface area contributed by atoms with Gasteiger partial charge in [0.05, 0.1) is 6.61 Å². The van der Waals surface area contributed by atoms with Crippen molar-refractivity contribution in [1.29, 1.82) is 0 Å². The van der Waals surface area contributed by atoms with Crippen LogP contribution in [-0.4, -0.2) is 22.8 Å². The average Bonchev–Trinajstić information content (AvgIpc) is 3.04. The maximum absolute atomic E-state index is 12.3. The SMILES string of the molecule is CCOc1ccc(C(=O)Nc2nonc2-c2ccc(Br)cc2)cc1. The van der Waals surface area contributed by atoms with Crippen LogP contribution >= 0.6 is 15.9 Å². The van der Waals surface area contributed by atoms with Crippen LogP contribution in [0.25, 0.3) is 11.3 Å². The monoisotopic (exact) mass is 387 g/mol. The molecule has 3 aromatic rings. The Morgan fingerprint density at radius 2 is 1.83 bits per heavy atom. The molecule has 122 valence electrons. The van der Waals surface area contributed by atoms with E-state index >= 15 is 0 Å². The fraction of sp³-hybridized carbons (Fsp3) is 0.118. The number of ether oxygens (including phenoxy) is 1. The van der Waals surface area contributed by atoms with E-state index in [1.165, 1.54) is 0 Å². The number of carbonyl (C=O) groups excluding carboxylic acids is 1. The second-order valence-corrected chi connectivity index (χ2v) is 5.80. The Hall–Kier alpha value is -2.67. The second kappa shape index (κ2) is 7.27. The number of amides is 1. The molecule has 6 nitrogen and oxygen atoms in total. The molecule has 3 rings (SSSR count). The number of anilines is 1. The van der Waals surface area contributed by atoms with E-state index in [1.54, 1.807) is 24.3 Å². The Labute approximate surface area is 146 Å². The van der Waals surface area contributed by atoms with Gasteiger partial charge in [-0.25, -0.2) is 4.63 Å². The highest BCUT2D eigenvalue weighted by atomic mass is 79.9. The molecule has 0 fully saturated rings. The molecule has 24 heavy (non-hydrogen) atoms. The van der Waals surface area contributed by atoms with Crippen molar-refractivity contribution in [2.24, 2.45) is 0 Å². The lowest BCUT2D eigenvalue weighted by molar-refractivity contribution is 0.102. The summed E-state index contributed by atoms with van der Waals surface area (Å²) >= 11 is 3.38. The molecule has 0 bridgehead atoms. The summed E-state index contributed by atoms with van der Waals surface area (Å²) in [6.07, 6.45) is 0. The lowest BCUT2D eigenvalue weighted by atomic mass is 10.1. The van der Waals surface area contributed by atoms with Crippen molar-refractivity contribution >= 4 is 27.7 Å². The van der Waals surface area contributed by atoms with Gasteiger partial charge in [0.25, 0.3) is 5.91 Å². The summed E-state index contributed by atoms with van der Waals surface area (Å²) in [7, 11) is 0. The number of halogens is 1. The molecule has 1 N–H and O–H groups in total. The van der Waals surface area contributed by atoms with E-state index in [-0.39, 0.29) is 11.7 Å². The van der Waals surface area contributed by atoms with Gasteiger partial charge in [-0.3, -0.25) is 4.79 Å². The molecule has 0 radical (unpaired) electrons.